The molecule has 1 aliphatic rings. The highest BCUT2D eigenvalue weighted by Gasteiger charge is 2.31. The van der Waals surface area contributed by atoms with Crippen LogP contribution >= 0.6 is 24.0 Å². The number of halogens is 5. The highest BCUT2D eigenvalue weighted by Crippen LogP contribution is 2.26. The molecule has 1 fully saturated rings. The second kappa shape index (κ2) is 9.61. The fourth-order valence-electron chi connectivity index (χ4n) is 2.96. The molecule has 0 amide bonds. The highest BCUT2D eigenvalue weighted by atomic mass is 35.5. The quantitative estimate of drug-likeness (QED) is 0.653. The van der Waals surface area contributed by atoms with Crippen molar-refractivity contribution in [2.75, 3.05) is 13.1 Å². The van der Waals surface area contributed by atoms with Gasteiger partial charge < -0.3 is 10.1 Å². The molecule has 2 atom stereocenters. The molecule has 27 heavy (non-hydrogen) atoms. The predicted molar refractivity (Wildman–Crippen MR) is 101 cm³/mol. The highest BCUT2D eigenvalue weighted by molar-refractivity contribution is 6.30. The zero-order chi connectivity index (χ0) is 18.6. The fraction of sp³-hybridized carbons (Fsp3) is 0.333. The molecule has 0 bridgehead atoms. The molecule has 4 nitrogen and oxygen atoms in total. The number of hydrogen-bond donors (Lipinski definition) is 3. The minimum Gasteiger partial charge on any atom is -0.406 e. The number of hydrogen-bond acceptors (Lipinski definition) is 4. The van der Waals surface area contributed by atoms with Crippen LogP contribution in [-0.2, 0) is 6.54 Å². The number of hydrazine groups is 1. The molecule has 1 aliphatic heterocycles. The van der Waals surface area contributed by atoms with E-state index < -0.39 is 6.36 Å². The molecule has 0 aromatic heterocycles. The summed E-state index contributed by atoms with van der Waals surface area (Å²) in [6.45, 7) is 2.14. The van der Waals surface area contributed by atoms with E-state index in [1.54, 1.807) is 12.1 Å². The largest absolute Gasteiger partial charge is 0.573 e. The Hall–Kier alpha value is -1.51. The Morgan fingerprint density at radius 1 is 1.07 bits per heavy atom. The first-order valence-corrected chi connectivity index (χ1v) is 8.58. The van der Waals surface area contributed by atoms with Crippen molar-refractivity contribution in [2.24, 2.45) is 5.92 Å². The summed E-state index contributed by atoms with van der Waals surface area (Å²) in [6.07, 6.45) is -4.67. The lowest BCUT2D eigenvalue weighted by atomic mass is 9.95. The molecule has 2 aromatic carbocycles. The van der Waals surface area contributed by atoms with Crippen molar-refractivity contribution >= 4 is 24.0 Å². The summed E-state index contributed by atoms with van der Waals surface area (Å²) in [4.78, 5) is 0. The van der Waals surface area contributed by atoms with Gasteiger partial charge in [0.1, 0.15) is 5.75 Å². The zero-order valence-corrected chi connectivity index (χ0v) is 15.8. The van der Waals surface area contributed by atoms with Gasteiger partial charge in [0, 0.05) is 30.6 Å². The Labute approximate surface area is 166 Å². The van der Waals surface area contributed by atoms with E-state index >= 15 is 0 Å². The van der Waals surface area contributed by atoms with E-state index in [0.717, 1.165) is 24.2 Å². The summed E-state index contributed by atoms with van der Waals surface area (Å²) in [5, 5.41) is 4.05. The van der Waals surface area contributed by atoms with Gasteiger partial charge in [-0.05, 0) is 35.4 Å². The number of benzene rings is 2. The van der Waals surface area contributed by atoms with Crippen LogP contribution in [0.2, 0.25) is 5.02 Å². The Morgan fingerprint density at radius 3 is 2.37 bits per heavy atom. The monoisotopic (exact) mass is 421 g/mol. The molecule has 0 saturated carbocycles. The van der Waals surface area contributed by atoms with Gasteiger partial charge in [-0.1, -0.05) is 35.9 Å². The fourth-order valence-corrected chi connectivity index (χ4v) is 3.09. The third-order valence-electron chi connectivity index (χ3n) is 4.21. The first-order chi connectivity index (χ1) is 12.4. The van der Waals surface area contributed by atoms with Crippen LogP contribution in [0.1, 0.15) is 17.2 Å². The Balaban J connectivity index is 0.00000261. The van der Waals surface area contributed by atoms with Gasteiger partial charge in [0.15, 0.2) is 0 Å². The summed E-state index contributed by atoms with van der Waals surface area (Å²) in [5.74, 6) is 0.122. The van der Waals surface area contributed by atoms with Gasteiger partial charge in [-0.25, -0.2) is 5.43 Å². The third-order valence-corrected chi connectivity index (χ3v) is 4.47. The van der Waals surface area contributed by atoms with Crippen molar-refractivity contribution in [3.05, 3.63) is 64.7 Å². The molecular formula is C18H20Cl2F3N3O. The molecular weight excluding hydrogens is 402 g/mol. The average molecular weight is 422 g/mol. The third kappa shape index (κ3) is 6.55. The number of rotatable bonds is 6. The van der Waals surface area contributed by atoms with Crippen LogP contribution in [0.15, 0.2) is 48.5 Å². The molecule has 9 heteroatoms. The van der Waals surface area contributed by atoms with Crippen LogP contribution in [0.25, 0.3) is 0 Å². The first-order valence-electron chi connectivity index (χ1n) is 8.20. The van der Waals surface area contributed by atoms with Gasteiger partial charge in [0.05, 0.1) is 6.04 Å². The second-order valence-corrected chi connectivity index (χ2v) is 6.57. The molecule has 0 spiro atoms. The van der Waals surface area contributed by atoms with Crippen molar-refractivity contribution in [3.63, 3.8) is 0 Å². The lowest BCUT2D eigenvalue weighted by molar-refractivity contribution is -0.274. The molecule has 0 aliphatic carbocycles. The number of ether oxygens (including phenoxy) is 1. The van der Waals surface area contributed by atoms with Crippen molar-refractivity contribution in [1.29, 1.82) is 0 Å². The Kier molecular flexibility index (Phi) is 7.76. The maximum absolute atomic E-state index is 12.2. The normalized spacial score (nSPS) is 19.6. The van der Waals surface area contributed by atoms with Gasteiger partial charge in [-0.2, -0.15) is 0 Å². The Morgan fingerprint density at radius 2 is 1.74 bits per heavy atom. The molecule has 3 rings (SSSR count). The molecule has 2 unspecified atom stereocenters. The van der Waals surface area contributed by atoms with Gasteiger partial charge in [-0.15, -0.1) is 25.6 Å². The molecule has 0 radical (unpaired) electrons. The van der Waals surface area contributed by atoms with E-state index in [9.17, 15) is 13.2 Å². The molecule has 1 heterocycles. The van der Waals surface area contributed by atoms with Crippen LogP contribution < -0.4 is 20.9 Å². The van der Waals surface area contributed by atoms with Gasteiger partial charge in [0.25, 0.3) is 0 Å². The van der Waals surface area contributed by atoms with Gasteiger partial charge in [-0.3, -0.25) is 5.43 Å². The summed E-state index contributed by atoms with van der Waals surface area (Å²) in [5.41, 5.74) is 8.47. The van der Waals surface area contributed by atoms with Gasteiger partial charge in [0.2, 0.25) is 0 Å². The number of nitrogens with one attached hydrogen (secondary N) is 3. The SMILES string of the molecule is Cl.FC(F)(F)Oc1ccc(CNCC2CNNC2c2ccc(Cl)cc2)cc1. The van der Waals surface area contributed by atoms with Crippen LogP contribution in [-0.4, -0.2) is 19.5 Å². The van der Waals surface area contributed by atoms with E-state index in [0.29, 0.717) is 17.5 Å². The van der Waals surface area contributed by atoms with Crippen LogP contribution in [0.5, 0.6) is 5.75 Å². The van der Waals surface area contributed by atoms with E-state index in [2.05, 4.69) is 20.9 Å². The van der Waals surface area contributed by atoms with Crippen LogP contribution in [0, 0.1) is 5.92 Å². The maximum atomic E-state index is 12.2. The number of alkyl halides is 3. The smallest absolute Gasteiger partial charge is 0.406 e. The van der Waals surface area contributed by atoms with Crippen molar-refractivity contribution < 1.29 is 17.9 Å². The minimum absolute atomic E-state index is 0. The topological polar surface area (TPSA) is 45.3 Å². The summed E-state index contributed by atoms with van der Waals surface area (Å²) in [6, 6.07) is 13.8. The predicted octanol–water partition coefficient (Wildman–Crippen LogP) is 4.22. The summed E-state index contributed by atoms with van der Waals surface area (Å²) >= 11 is 5.93. The van der Waals surface area contributed by atoms with Crippen molar-refractivity contribution in [1.82, 2.24) is 16.2 Å². The van der Waals surface area contributed by atoms with Crippen LogP contribution in [0.4, 0.5) is 13.2 Å². The van der Waals surface area contributed by atoms with E-state index in [1.807, 2.05) is 24.3 Å². The zero-order valence-electron chi connectivity index (χ0n) is 14.2. The molecule has 1 saturated heterocycles. The molecule has 148 valence electrons. The van der Waals surface area contributed by atoms with E-state index in [1.165, 1.54) is 12.1 Å². The summed E-state index contributed by atoms with van der Waals surface area (Å²) < 4.78 is 40.4. The summed E-state index contributed by atoms with van der Waals surface area (Å²) in [7, 11) is 0. The maximum Gasteiger partial charge on any atom is 0.573 e. The Bertz CT molecular complexity index is 711. The first kappa shape index (κ1) is 21.8. The van der Waals surface area contributed by atoms with Crippen LogP contribution in [0.3, 0.4) is 0 Å². The lowest BCUT2D eigenvalue weighted by Crippen LogP contribution is -2.28. The average Bonchev–Trinajstić information content (AvgIpc) is 3.04. The van der Waals surface area contributed by atoms with Crippen molar-refractivity contribution in [2.45, 2.75) is 18.9 Å². The van der Waals surface area contributed by atoms with E-state index in [4.69, 9.17) is 11.6 Å². The molecule has 2 aromatic rings. The molecule has 3 N–H and O–H groups in total. The van der Waals surface area contributed by atoms with E-state index in [-0.39, 0.29) is 24.2 Å². The standard InChI is InChI=1S/C18H19ClF3N3O.ClH/c19-15-5-3-13(4-6-15)17-14(11-24-25-17)10-23-9-12-1-7-16(8-2-12)26-18(20,21)22;/h1-8,14,17,23-25H,9-11H2;1H. The minimum atomic E-state index is -4.67. The second-order valence-electron chi connectivity index (χ2n) is 6.14. The lowest BCUT2D eigenvalue weighted by Gasteiger charge is -2.19. The van der Waals surface area contributed by atoms with Gasteiger partial charge >= 0.3 is 6.36 Å². The van der Waals surface area contributed by atoms with Crippen molar-refractivity contribution in [3.8, 4) is 5.75 Å².